The Balaban J connectivity index is 4.06. The van der Waals surface area contributed by atoms with E-state index in [1.165, 1.54) is 0 Å². The van der Waals surface area contributed by atoms with Gasteiger partial charge in [-0.1, -0.05) is 0 Å². The molecule has 8 heteroatoms. The molecular formula is C9H16N2O5S. The summed E-state index contributed by atoms with van der Waals surface area (Å²) in [5, 5.41) is 19.5. The normalized spacial score (nSPS) is 13.8. The monoisotopic (exact) mass is 264 g/mol. The second-order valence-corrected chi connectivity index (χ2v) is 3.90. The molecule has 0 unspecified atom stereocenters. The van der Waals surface area contributed by atoms with E-state index in [-0.39, 0.29) is 19.3 Å². The van der Waals surface area contributed by atoms with E-state index in [0.717, 1.165) is 0 Å². The van der Waals surface area contributed by atoms with Crippen LogP contribution in [0.4, 0.5) is 0 Å². The molecule has 0 rings (SSSR count). The summed E-state index contributed by atoms with van der Waals surface area (Å²) in [7, 11) is 0. The number of amides is 1. The Morgan fingerprint density at radius 3 is 2.18 bits per heavy atom. The smallest absolute Gasteiger partial charge is 0.326 e. The lowest BCUT2D eigenvalue weighted by molar-refractivity contribution is -0.142. The number of carboxylic acids is 2. The van der Waals surface area contributed by atoms with Crippen LogP contribution in [0.1, 0.15) is 19.3 Å². The lowest BCUT2D eigenvalue weighted by Gasteiger charge is -2.13. The zero-order chi connectivity index (χ0) is 13.4. The highest BCUT2D eigenvalue weighted by atomic mass is 32.1. The average molecular weight is 264 g/mol. The summed E-state index contributed by atoms with van der Waals surface area (Å²) >= 11 is 3.88. The van der Waals surface area contributed by atoms with Crippen molar-refractivity contribution in [3.8, 4) is 0 Å². The molecule has 0 aromatic rings. The molecule has 0 aliphatic carbocycles. The highest BCUT2D eigenvalue weighted by Gasteiger charge is 2.20. The van der Waals surface area contributed by atoms with Crippen LogP contribution in [-0.4, -0.2) is 45.9 Å². The number of hydrogen-bond acceptors (Lipinski definition) is 5. The van der Waals surface area contributed by atoms with Gasteiger partial charge in [-0.3, -0.25) is 9.59 Å². The third kappa shape index (κ3) is 6.80. The summed E-state index contributed by atoms with van der Waals surface area (Å²) in [5.74, 6) is -2.54. The summed E-state index contributed by atoms with van der Waals surface area (Å²) < 4.78 is 0. The van der Waals surface area contributed by atoms with Crippen molar-refractivity contribution in [1.29, 1.82) is 0 Å². The van der Waals surface area contributed by atoms with Gasteiger partial charge in [0.05, 0.1) is 0 Å². The molecule has 0 spiro atoms. The van der Waals surface area contributed by atoms with E-state index in [2.05, 4.69) is 17.9 Å². The van der Waals surface area contributed by atoms with Gasteiger partial charge in [-0.05, 0) is 18.6 Å². The predicted molar refractivity (Wildman–Crippen MR) is 62.9 cm³/mol. The van der Waals surface area contributed by atoms with Crippen molar-refractivity contribution in [3.05, 3.63) is 0 Å². The second-order valence-electron chi connectivity index (χ2n) is 3.45. The first-order chi connectivity index (χ1) is 7.88. The van der Waals surface area contributed by atoms with Crippen LogP contribution in [0.25, 0.3) is 0 Å². The minimum atomic E-state index is -1.19. The van der Waals surface area contributed by atoms with Crippen molar-refractivity contribution in [2.75, 3.05) is 5.75 Å². The van der Waals surface area contributed by atoms with E-state index in [0.29, 0.717) is 5.75 Å². The molecule has 2 atom stereocenters. The molecule has 0 aromatic heterocycles. The van der Waals surface area contributed by atoms with Gasteiger partial charge in [-0.2, -0.15) is 12.6 Å². The molecule has 0 saturated carbocycles. The minimum Gasteiger partial charge on any atom is -0.480 e. The summed E-state index contributed by atoms with van der Waals surface area (Å²) in [6.45, 7) is 0. The maximum absolute atomic E-state index is 11.3. The van der Waals surface area contributed by atoms with Gasteiger partial charge in [0.1, 0.15) is 12.1 Å². The predicted octanol–water partition coefficient (Wildman–Crippen LogP) is -0.932. The Bertz CT molecular complexity index is 297. The molecule has 5 N–H and O–H groups in total. The number of carbonyl (C=O) groups is 3. The Kier molecular flexibility index (Phi) is 7.31. The van der Waals surface area contributed by atoms with Gasteiger partial charge in [0.2, 0.25) is 5.91 Å². The highest BCUT2D eigenvalue weighted by Crippen LogP contribution is 1.99. The fourth-order valence-corrected chi connectivity index (χ4v) is 1.32. The van der Waals surface area contributed by atoms with Gasteiger partial charge in [0.25, 0.3) is 0 Å². The molecule has 0 radical (unpaired) electrons. The van der Waals surface area contributed by atoms with E-state index in [1.54, 1.807) is 0 Å². The summed E-state index contributed by atoms with van der Waals surface area (Å²) in [6, 6.07) is -2.12. The molecule has 0 bridgehead atoms. The number of carboxylic acid groups (broad SMARTS) is 2. The average Bonchev–Trinajstić information content (AvgIpc) is 2.24. The van der Waals surface area contributed by atoms with Gasteiger partial charge in [0.15, 0.2) is 0 Å². The molecular weight excluding hydrogens is 248 g/mol. The molecule has 0 fully saturated rings. The van der Waals surface area contributed by atoms with Gasteiger partial charge in [-0.25, -0.2) is 4.79 Å². The first kappa shape index (κ1) is 15.7. The van der Waals surface area contributed by atoms with Crippen LogP contribution >= 0.6 is 12.6 Å². The fourth-order valence-electron chi connectivity index (χ4n) is 1.06. The molecule has 17 heavy (non-hydrogen) atoms. The van der Waals surface area contributed by atoms with Crippen molar-refractivity contribution in [3.63, 3.8) is 0 Å². The molecule has 98 valence electrons. The lowest BCUT2D eigenvalue weighted by Crippen LogP contribution is -2.42. The van der Waals surface area contributed by atoms with Crippen LogP contribution in [-0.2, 0) is 14.4 Å². The Labute approximate surface area is 104 Å². The standard InChI is InChI=1S/C9H16N2O5S/c10-5(8(13)14)1-2-7(12)11-6(3-4-17)9(15)16/h5-6,17H,1-4,10H2,(H,11,12)(H,13,14)(H,15,16)/t5-,6-/m0/s1. The van der Waals surface area contributed by atoms with Crippen molar-refractivity contribution in [2.45, 2.75) is 31.3 Å². The third-order valence-corrected chi connectivity index (χ3v) is 2.31. The third-order valence-electron chi connectivity index (χ3n) is 2.05. The van der Waals surface area contributed by atoms with E-state index >= 15 is 0 Å². The number of hydrogen-bond donors (Lipinski definition) is 5. The Morgan fingerprint density at radius 1 is 1.18 bits per heavy atom. The number of thiol groups is 1. The molecule has 0 aliphatic heterocycles. The number of rotatable bonds is 8. The quantitative estimate of drug-likeness (QED) is 0.360. The highest BCUT2D eigenvalue weighted by molar-refractivity contribution is 7.80. The zero-order valence-corrected chi connectivity index (χ0v) is 10.0. The molecule has 0 heterocycles. The topological polar surface area (TPSA) is 130 Å². The van der Waals surface area contributed by atoms with Crippen LogP contribution in [0.2, 0.25) is 0 Å². The zero-order valence-electron chi connectivity index (χ0n) is 9.13. The van der Waals surface area contributed by atoms with E-state index in [9.17, 15) is 14.4 Å². The van der Waals surface area contributed by atoms with Crippen molar-refractivity contribution in [1.82, 2.24) is 5.32 Å². The molecule has 0 aromatic carbocycles. The van der Waals surface area contributed by atoms with Crippen molar-refractivity contribution >= 4 is 30.5 Å². The minimum absolute atomic E-state index is 0.0334. The summed E-state index contributed by atoms with van der Waals surface area (Å²) in [5.41, 5.74) is 5.21. The molecule has 0 saturated heterocycles. The van der Waals surface area contributed by atoms with Gasteiger partial charge >= 0.3 is 11.9 Å². The van der Waals surface area contributed by atoms with E-state index in [4.69, 9.17) is 15.9 Å². The number of aliphatic carboxylic acids is 2. The van der Waals surface area contributed by atoms with Crippen LogP contribution in [0, 0.1) is 0 Å². The lowest BCUT2D eigenvalue weighted by atomic mass is 10.1. The first-order valence-corrected chi connectivity index (χ1v) is 5.63. The van der Waals surface area contributed by atoms with Crippen molar-refractivity contribution in [2.24, 2.45) is 5.73 Å². The SMILES string of the molecule is N[C@@H](CCC(=O)N[C@@H](CCS)C(=O)O)C(=O)O. The van der Waals surface area contributed by atoms with Gasteiger partial charge in [0, 0.05) is 6.42 Å². The van der Waals surface area contributed by atoms with Crippen LogP contribution < -0.4 is 11.1 Å². The molecule has 1 amide bonds. The second kappa shape index (κ2) is 7.91. The summed E-state index contributed by atoms with van der Waals surface area (Å²) in [6.07, 6.45) is 0.0490. The molecule has 7 nitrogen and oxygen atoms in total. The number of nitrogens with two attached hydrogens (primary N) is 1. The molecule has 0 aliphatic rings. The van der Waals surface area contributed by atoms with Crippen LogP contribution in [0.5, 0.6) is 0 Å². The summed E-state index contributed by atoms with van der Waals surface area (Å²) in [4.78, 5) is 32.4. The number of nitrogens with one attached hydrogen (secondary N) is 1. The van der Waals surface area contributed by atoms with Crippen molar-refractivity contribution < 1.29 is 24.6 Å². The van der Waals surface area contributed by atoms with E-state index < -0.39 is 29.9 Å². The van der Waals surface area contributed by atoms with Gasteiger partial charge in [-0.15, -0.1) is 0 Å². The number of carbonyl (C=O) groups excluding carboxylic acids is 1. The van der Waals surface area contributed by atoms with Crippen LogP contribution in [0.15, 0.2) is 0 Å². The largest absolute Gasteiger partial charge is 0.480 e. The Morgan fingerprint density at radius 2 is 1.76 bits per heavy atom. The Hall–Kier alpha value is -1.28. The first-order valence-electron chi connectivity index (χ1n) is 5.00. The fraction of sp³-hybridized carbons (Fsp3) is 0.667. The van der Waals surface area contributed by atoms with Crippen LogP contribution in [0.3, 0.4) is 0 Å². The van der Waals surface area contributed by atoms with Gasteiger partial charge < -0.3 is 21.3 Å². The van der Waals surface area contributed by atoms with E-state index in [1.807, 2.05) is 0 Å². The maximum atomic E-state index is 11.3. The maximum Gasteiger partial charge on any atom is 0.326 e.